The monoisotopic (exact) mass is 265 g/mol. The van der Waals surface area contributed by atoms with Gasteiger partial charge in [-0.25, -0.2) is 4.98 Å². The van der Waals surface area contributed by atoms with Gasteiger partial charge in [0, 0.05) is 17.1 Å². The highest BCUT2D eigenvalue weighted by Gasteiger charge is 2.13. The zero-order valence-corrected chi connectivity index (χ0v) is 12.2. The zero-order valence-electron chi connectivity index (χ0n) is 11.4. The molecule has 0 aliphatic heterocycles. The van der Waals surface area contributed by atoms with E-state index in [0.717, 1.165) is 35.0 Å². The van der Waals surface area contributed by atoms with Crippen LogP contribution in [0, 0.1) is 0 Å². The molecule has 0 amide bonds. The summed E-state index contributed by atoms with van der Waals surface area (Å²) in [4.78, 5) is 4.66. The van der Waals surface area contributed by atoms with Gasteiger partial charge in [-0.3, -0.25) is 0 Å². The van der Waals surface area contributed by atoms with E-state index in [1.807, 2.05) is 18.2 Å². The van der Waals surface area contributed by atoms with Gasteiger partial charge in [0.1, 0.15) is 5.82 Å². The van der Waals surface area contributed by atoms with Gasteiger partial charge in [0.05, 0.1) is 17.6 Å². The van der Waals surface area contributed by atoms with Crippen molar-refractivity contribution in [2.45, 2.75) is 46.3 Å². The van der Waals surface area contributed by atoms with Gasteiger partial charge in [-0.2, -0.15) is 0 Å². The molecule has 3 nitrogen and oxygen atoms in total. The molecule has 0 unspecified atom stereocenters. The number of fused-ring (bicyclic) bond motifs is 1. The van der Waals surface area contributed by atoms with Crippen molar-refractivity contribution in [3.8, 4) is 0 Å². The minimum atomic E-state index is 0.0916. The van der Waals surface area contributed by atoms with Crippen molar-refractivity contribution in [1.29, 1.82) is 0 Å². The average Bonchev–Trinajstić information content (AvgIpc) is 2.62. The van der Waals surface area contributed by atoms with Gasteiger partial charge in [-0.1, -0.05) is 11.6 Å². The average molecular weight is 266 g/mol. The normalized spacial score (nSPS) is 12.3. The second-order valence-electron chi connectivity index (χ2n) is 5.51. The summed E-state index contributed by atoms with van der Waals surface area (Å²) in [5.41, 5.74) is 2.21. The van der Waals surface area contributed by atoms with Crippen molar-refractivity contribution in [1.82, 2.24) is 14.9 Å². The third kappa shape index (κ3) is 2.85. The number of imidazole rings is 1. The summed E-state index contributed by atoms with van der Waals surface area (Å²) < 4.78 is 2.23. The lowest BCUT2D eigenvalue weighted by Gasteiger charge is -2.20. The minimum absolute atomic E-state index is 0.0916. The van der Waals surface area contributed by atoms with Crippen LogP contribution in [0.4, 0.5) is 0 Å². The number of hydrogen-bond acceptors (Lipinski definition) is 2. The first-order valence-corrected chi connectivity index (χ1v) is 6.68. The molecule has 0 aliphatic rings. The summed E-state index contributed by atoms with van der Waals surface area (Å²) in [6.07, 6.45) is 0. The highest BCUT2D eigenvalue weighted by Crippen LogP contribution is 2.20. The maximum absolute atomic E-state index is 6.01. The zero-order chi connectivity index (χ0) is 13.3. The molecule has 1 N–H and O–H groups in total. The van der Waals surface area contributed by atoms with E-state index in [0.29, 0.717) is 0 Å². The van der Waals surface area contributed by atoms with E-state index in [2.05, 4.69) is 42.6 Å². The number of nitrogens with one attached hydrogen (secondary N) is 1. The van der Waals surface area contributed by atoms with Crippen molar-refractivity contribution in [3.05, 3.63) is 29.0 Å². The lowest BCUT2D eigenvalue weighted by atomic mass is 10.1. The molecule has 0 fully saturated rings. The Balaban J connectivity index is 2.38. The van der Waals surface area contributed by atoms with Crippen molar-refractivity contribution in [2.24, 2.45) is 0 Å². The van der Waals surface area contributed by atoms with Crippen LogP contribution >= 0.6 is 11.6 Å². The molecule has 1 aromatic carbocycles. The second kappa shape index (κ2) is 4.90. The predicted octanol–water partition coefficient (Wildman–Crippen LogP) is 3.60. The quantitative estimate of drug-likeness (QED) is 0.919. The van der Waals surface area contributed by atoms with Gasteiger partial charge >= 0.3 is 0 Å². The van der Waals surface area contributed by atoms with E-state index >= 15 is 0 Å². The van der Waals surface area contributed by atoms with Gasteiger partial charge < -0.3 is 9.88 Å². The number of rotatable bonds is 3. The highest BCUT2D eigenvalue weighted by atomic mass is 35.5. The number of aromatic nitrogens is 2. The molecule has 2 rings (SSSR count). The Morgan fingerprint density at radius 2 is 2.06 bits per heavy atom. The SMILES string of the molecule is CCn1c(CNC(C)(C)C)nc2cc(Cl)ccc21. The molecule has 0 atom stereocenters. The van der Waals surface area contributed by atoms with Gasteiger partial charge in [-0.15, -0.1) is 0 Å². The molecule has 2 aromatic rings. The van der Waals surface area contributed by atoms with Crippen LogP contribution < -0.4 is 5.32 Å². The molecular formula is C14H20ClN3. The van der Waals surface area contributed by atoms with Crippen LogP contribution in [0.5, 0.6) is 0 Å². The molecule has 0 aliphatic carbocycles. The summed E-state index contributed by atoms with van der Waals surface area (Å²) >= 11 is 6.01. The smallest absolute Gasteiger partial charge is 0.123 e. The Bertz CT molecular complexity index is 552. The maximum atomic E-state index is 6.01. The number of benzene rings is 1. The molecule has 18 heavy (non-hydrogen) atoms. The molecule has 0 saturated heterocycles. The Morgan fingerprint density at radius 1 is 1.33 bits per heavy atom. The van der Waals surface area contributed by atoms with Gasteiger partial charge in [0.2, 0.25) is 0 Å². The first-order valence-electron chi connectivity index (χ1n) is 6.30. The fourth-order valence-electron chi connectivity index (χ4n) is 1.98. The van der Waals surface area contributed by atoms with E-state index < -0.39 is 0 Å². The second-order valence-corrected chi connectivity index (χ2v) is 5.95. The summed E-state index contributed by atoms with van der Waals surface area (Å²) in [6, 6.07) is 5.87. The molecule has 0 spiro atoms. The van der Waals surface area contributed by atoms with Gasteiger partial charge in [0.15, 0.2) is 0 Å². The molecule has 0 radical (unpaired) electrons. The van der Waals surface area contributed by atoms with Crippen molar-refractivity contribution < 1.29 is 0 Å². The number of halogens is 1. The molecule has 1 aromatic heterocycles. The largest absolute Gasteiger partial charge is 0.327 e. The molecule has 98 valence electrons. The lowest BCUT2D eigenvalue weighted by Crippen LogP contribution is -2.35. The van der Waals surface area contributed by atoms with Gasteiger partial charge in [-0.05, 0) is 45.9 Å². The molecule has 0 saturated carbocycles. The van der Waals surface area contributed by atoms with Crippen LogP contribution in [-0.2, 0) is 13.1 Å². The summed E-state index contributed by atoms with van der Waals surface area (Å²) in [7, 11) is 0. The first-order chi connectivity index (χ1) is 8.40. The van der Waals surface area contributed by atoms with E-state index in [9.17, 15) is 0 Å². The number of nitrogens with zero attached hydrogens (tertiary/aromatic N) is 2. The summed E-state index contributed by atoms with van der Waals surface area (Å²) in [5.74, 6) is 1.06. The van der Waals surface area contributed by atoms with E-state index in [1.165, 1.54) is 0 Å². The molecule has 0 bridgehead atoms. The number of aryl methyl sites for hydroxylation is 1. The Kier molecular flexibility index (Phi) is 3.64. The van der Waals surface area contributed by atoms with Crippen LogP contribution in [-0.4, -0.2) is 15.1 Å². The molecule has 1 heterocycles. The Hall–Kier alpha value is -1.06. The van der Waals surface area contributed by atoms with E-state index in [4.69, 9.17) is 11.6 Å². The topological polar surface area (TPSA) is 29.9 Å². The van der Waals surface area contributed by atoms with E-state index in [1.54, 1.807) is 0 Å². The number of hydrogen-bond donors (Lipinski definition) is 1. The summed E-state index contributed by atoms with van der Waals surface area (Å²) in [5, 5.41) is 4.21. The van der Waals surface area contributed by atoms with Crippen molar-refractivity contribution in [2.75, 3.05) is 0 Å². The van der Waals surface area contributed by atoms with Crippen LogP contribution in [0.2, 0.25) is 5.02 Å². The fraction of sp³-hybridized carbons (Fsp3) is 0.500. The Labute approximate surface area is 113 Å². The minimum Gasteiger partial charge on any atom is -0.327 e. The fourth-order valence-corrected chi connectivity index (χ4v) is 2.15. The standard InChI is InChI=1S/C14H20ClN3/c1-5-18-12-7-6-10(15)8-11(12)17-13(18)9-16-14(2,3)4/h6-8,16H,5,9H2,1-4H3. The highest BCUT2D eigenvalue weighted by molar-refractivity contribution is 6.31. The van der Waals surface area contributed by atoms with Crippen LogP contribution in [0.25, 0.3) is 11.0 Å². The van der Waals surface area contributed by atoms with Crippen LogP contribution in [0.1, 0.15) is 33.5 Å². The van der Waals surface area contributed by atoms with Crippen molar-refractivity contribution >= 4 is 22.6 Å². The lowest BCUT2D eigenvalue weighted by molar-refractivity contribution is 0.413. The van der Waals surface area contributed by atoms with Crippen molar-refractivity contribution in [3.63, 3.8) is 0 Å². The maximum Gasteiger partial charge on any atom is 0.123 e. The molecule has 4 heteroatoms. The van der Waals surface area contributed by atoms with Crippen LogP contribution in [0.3, 0.4) is 0 Å². The third-order valence-electron chi connectivity index (χ3n) is 2.88. The van der Waals surface area contributed by atoms with E-state index in [-0.39, 0.29) is 5.54 Å². The van der Waals surface area contributed by atoms with Crippen LogP contribution in [0.15, 0.2) is 18.2 Å². The molecular weight excluding hydrogens is 246 g/mol. The third-order valence-corrected chi connectivity index (χ3v) is 3.12. The van der Waals surface area contributed by atoms with Gasteiger partial charge in [0.25, 0.3) is 0 Å². The summed E-state index contributed by atoms with van der Waals surface area (Å²) in [6.45, 7) is 10.3. The predicted molar refractivity (Wildman–Crippen MR) is 77.0 cm³/mol. The first kappa shape index (κ1) is 13.4. The Morgan fingerprint density at radius 3 is 2.67 bits per heavy atom.